The van der Waals surface area contributed by atoms with Crippen molar-refractivity contribution in [1.82, 2.24) is 9.13 Å². The van der Waals surface area contributed by atoms with Gasteiger partial charge in [-0.15, -0.1) is 0 Å². The van der Waals surface area contributed by atoms with Gasteiger partial charge in [-0.1, -0.05) is 151 Å². The first-order valence-electron chi connectivity index (χ1n) is 19.1. The Morgan fingerprint density at radius 1 is 0.362 bits per heavy atom. The number of fused-ring (bicyclic) bond motifs is 4. The Kier molecular flexibility index (Phi) is 10.2. The lowest BCUT2D eigenvalue weighted by Crippen LogP contribution is -2.27. The van der Waals surface area contributed by atoms with E-state index in [-0.39, 0.29) is 32.4 Å². The summed E-state index contributed by atoms with van der Waals surface area (Å²) in [6, 6.07) is 44.0. The second-order valence-corrected chi connectivity index (χ2v) is 16.4. The summed E-state index contributed by atoms with van der Waals surface area (Å²) in [7, 11) is 0. The van der Waals surface area contributed by atoms with E-state index in [1.165, 1.54) is 12.1 Å². The normalized spacial score (nSPS) is 11.7. The van der Waals surface area contributed by atoms with Crippen LogP contribution in [0.15, 0.2) is 165 Å². The van der Waals surface area contributed by atoms with Crippen molar-refractivity contribution in [2.24, 2.45) is 0 Å². The van der Waals surface area contributed by atoms with Crippen LogP contribution < -0.4 is 22.2 Å². The van der Waals surface area contributed by atoms with Crippen molar-refractivity contribution in [3.8, 4) is 22.9 Å². The molecular formula is C50H44N2O6. The monoisotopic (exact) mass is 768 g/mol. The van der Waals surface area contributed by atoms with Crippen molar-refractivity contribution in [3.63, 3.8) is 0 Å². The van der Waals surface area contributed by atoms with Crippen molar-refractivity contribution in [2.45, 2.75) is 52.4 Å². The van der Waals surface area contributed by atoms with Crippen LogP contribution in [0.5, 0.6) is 11.5 Å². The minimum atomic E-state index is -0.497. The molecule has 0 fully saturated rings. The van der Waals surface area contributed by atoms with Crippen molar-refractivity contribution in [2.75, 3.05) is 0 Å². The van der Waals surface area contributed by atoms with Crippen molar-refractivity contribution >= 4 is 43.1 Å². The van der Waals surface area contributed by atoms with Gasteiger partial charge in [0.15, 0.2) is 0 Å². The van der Waals surface area contributed by atoms with Gasteiger partial charge in [-0.05, 0) is 69.1 Å². The lowest BCUT2D eigenvalue weighted by atomic mass is 9.86. The van der Waals surface area contributed by atoms with E-state index in [4.69, 9.17) is 0 Å². The van der Waals surface area contributed by atoms with Crippen LogP contribution >= 0.6 is 0 Å². The number of para-hydroxylation sites is 2. The highest BCUT2D eigenvalue weighted by Gasteiger charge is 2.26. The number of phenols is 2. The maximum Gasteiger partial charge on any atom is 0.266 e. The first kappa shape index (κ1) is 39.2. The molecule has 9 aromatic rings. The van der Waals surface area contributed by atoms with Gasteiger partial charge in [-0.2, -0.15) is 0 Å². The van der Waals surface area contributed by atoms with Crippen molar-refractivity contribution < 1.29 is 10.2 Å². The fourth-order valence-electron chi connectivity index (χ4n) is 7.43. The molecule has 8 heteroatoms. The fourth-order valence-corrected chi connectivity index (χ4v) is 7.43. The van der Waals surface area contributed by atoms with Crippen LogP contribution in [-0.2, 0) is 10.8 Å². The van der Waals surface area contributed by atoms with E-state index < -0.39 is 22.2 Å². The number of benzene rings is 7. The van der Waals surface area contributed by atoms with E-state index in [0.29, 0.717) is 22.9 Å². The number of aromatic hydroxyl groups is 2. The minimum absolute atomic E-state index is 0.134. The Morgan fingerprint density at radius 3 is 0.983 bits per heavy atom. The largest absolute Gasteiger partial charge is 0.507 e. The summed E-state index contributed by atoms with van der Waals surface area (Å²) in [6.07, 6.45) is 0. The average molecular weight is 769 g/mol. The van der Waals surface area contributed by atoms with Gasteiger partial charge in [-0.25, -0.2) is 9.13 Å². The van der Waals surface area contributed by atoms with Crippen LogP contribution in [0.25, 0.3) is 54.5 Å². The molecule has 0 aliphatic heterocycles. The van der Waals surface area contributed by atoms with Crippen LogP contribution in [0.3, 0.4) is 0 Å². The molecule has 2 aromatic heterocycles. The molecule has 0 bridgehead atoms. The van der Waals surface area contributed by atoms with Gasteiger partial charge >= 0.3 is 0 Å². The molecule has 0 unspecified atom stereocenters. The number of hydrogen-bond donors (Lipinski definition) is 2. The molecule has 0 amide bonds. The standard InChI is InChI=1S/C30H28N2O4.2C10H8O/c1-29(2,3)21-11-7-9-13-23(21)31-25(33)17-15-19-20(16-18(17)26(31)34)28(36)32(27(19)35)24-14-10-8-12-22(24)30(4,5)6;2*11-10-7-3-5-8-4-1-2-6-9(8)10/h7-16H,1-6H3;2*1-7,11H. The Balaban J connectivity index is 0.000000186. The highest BCUT2D eigenvalue weighted by molar-refractivity contribution is 5.98. The molecular weight excluding hydrogens is 725 g/mol. The first-order chi connectivity index (χ1) is 27.6. The van der Waals surface area contributed by atoms with Gasteiger partial charge in [0.25, 0.3) is 22.2 Å². The molecule has 0 saturated heterocycles. The van der Waals surface area contributed by atoms with Gasteiger partial charge in [-0.3, -0.25) is 19.2 Å². The SMILES string of the molecule is CC(C)(C)c1ccccc1-n1c(=O)c2cc3c(=O)n(-c4ccccc4C(C)(C)C)c(=O)c3cc2c1=O.Oc1cccc2ccccc12.Oc1cccc2ccccc12. The Hall–Kier alpha value is -7.06. The molecule has 7 aromatic carbocycles. The second-order valence-electron chi connectivity index (χ2n) is 16.4. The summed E-state index contributed by atoms with van der Waals surface area (Å²) in [5, 5.41) is 23.3. The maximum atomic E-state index is 13.5. The minimum Gasteiger partial charge on any atom is -0.507 e. The van der Waals surface area contributed by atoms with Crippen LogP contribution in [0.1, 0.15) is 52.7 Å². The molecule has 0 aliphatic rings. The molecule has 0 radical (unpaired) electrons. The third-order valence-electron chi connectivity index (χ3n) is 10.3. The number of rotatable bonds is 2. The highest BCUT2D eigenvalue weighted by Crippen LogP contribution is 2.30. The van der Waals surface area contributed by atoms with E-state index in [1.807, 2.05) is 139 Å². The Labute approximate surface area is 334 Å². The lowest BCUT2D eigenvalue weighted by Gasteiger charge is -2.22. The molecule has 0 aliphatic carbocycles. The molecule has 0 spiro atoms. The first-order valence-corrected chi connectivity index (χ1v) is 19.1. The van der Waals surface area contributed by atoms with E-state index in [0.717, 1.165) is 41.8 Å². The van der Waals surface area contributed by atoms with E-state index in [2.05, 4.69) is 0 Å². The van der Waals surface area contributed by atoms with E-state index in [1.54, 1.807) is 36.4 Å². The lowest BCUT2D eigenvalue weighted by molar-refractivity contribution is 0.481. The maximum absolute atomic E-state index is 13.5. The van der Waals surface area contributed by atoms with Crippen LogP contribution in [0.2, 0.25) is 0 Å². The number of nitrogens with zero attached hydrogens (tertiary/aromatic N) is 2. The zero-order valence-electron chi connectivity index (χ0n) is 33.3. The van der Waals surface area contributed by atoms with E-state index in [9.17, 15) is 29.4 Å². The molecule has 2 N–H and O–H groups in total. The van der Waals surface area contributed by atoms with Crippen molar-refractivity contribution in [3.05, 3.63) is 198 Å². The summed E-state index contributed by atoms with van der Waals surface area (Å²) in [5.41, 5.74) is 0.122. The number of hydrogen-bond acceptors (Lipinski definition) is 6. The van der Waals surface area contributed by atoms with E-state index >= 15 is 0 Å². The topological polar surface area (TPSA) is 119 Å². The third-order valence-corrected chi connectivity index (χ3v) is 10.3. The smallest absolute Gasteiger partial charge is 0.266 e. The molecule has 0 atom stereocenters. The number of aromatic nitrogens is 2. The van der Waals surface area contributed by atoms with Crippen LogP contribution in [-0.4, -0.2) is 19.3 Å². The highest BCUT2D eigenvalue weighted by atomic mass is 16.3. The zero-order chi connectivity index (χ0) is 41.5. The quantitative estimate of drug-likeness (QED) is 0.181. The van der Waals surface area contributed by atoms with Crippen LogP contribution in [0, 0.1) is 0 Å². The molecule has 290 valence electrons. The second kappa shape index (κ2) is 15.1. The summed E-state index contributed by atoms with van der Waals surface area (Å²) >= 11 is 0. The van der Waals surface area contributed by atoms with Gasteiger partial charge in [0.05, 0.1) is 32.9 Å². The molecule has 0 saturated carbocycles. The molecule has 8 nitrogen and oxygen atoms in total. The van der Waals surface area contributed by atoms with Gasteiger partial charge < -0.3 is 10.2 Å². The van der Waals surface area contributed by atoms with Gasteiger partial charge in [0.2, 0.25) is 0 Å². The predicted octanol–water partition coefficient (Wildman–Crippen LogP) is 9.58. The zero-order valence-corrected chi connectivity index (χ0v) is 33.3. The predicted molar refractivity (Wildman–Crippen MR) is 236 cm³/mol. The summed E-state index contributed by atoms with van der Waals surface area (Å²) in [5.74, 6) is 0.700. The van der Waals surface area contributed by atoms with Gasteiger partial charge in [0, 0.05) is 10.8 Å². The summed E-state index contributed by atoms with van der Waals surface area (Å²) in [6.45, 7) is 12.1. The third kappa shape index (κ3) is 7.21. The Morgan fingerprint density at radius 2 is 0.655 bits per heavy atom. The van der Waals surface area contributed by atoms with Gasteiger partial charge in [0.1, 0.15) is 11.5 Å². The van der Waals surface area contributed by atoms with Crippen LogP contribution in [0.4, 0.5) is 0 Å². The Bertz CT molecular complexity index is 2900. The van der Waals surface area contributed by atoms with Crippen molar-refractivity contribution in [1.29, 1.82) is 0 Å². The molecule has 2 heterocycles. The molecule has 9 rings (SSSR count). The molecule has 58 heavy (non-hydrogen) atoms. The average Bonchev–Trinajstić information content (AvgIpc) is 3.60. The fraction of sp³-hybridized carbons (Fsp3) is 0.160. The summed E-state index contributed by atoms with van der Waals surface area (Å²) in [4.78, 5) is 54.0. The summed E-state index contributed by atoms with van der Waals surface area (Å²) < 4.78 is 2.31. The number of phenolic OH excluding ortho intramolecular Hbond substituents is 2.